The summed E-state index contributed by atoms with van der Waals surface area (Å²) in [5.74, 6) is -6.56. The maximum Gasteiger partial charge on any atom is 0.399 e. The number of ether oxygens (including phenoxy) is 1. The normalized spacial score (nSPS) is 12.6. The number of carbonyl (C=O) groups is 1. The van der Waals surface area contributed by atoms with Crippen LogP contribution in [-0.4, -0.2) is 33.9 Å². The fraction of sp³-hybridized carbons (Fsp3) is 0.227. The minimum atomic E-state index is -4.85. The number of alkyl halides is 3. The Bertz CT molecular complexity index is 1090. The molecular formula is C22H19F3N2O4. The molecule has 0 spiro atoms. The van der Waals surface area contributed by atoms with Crippen LogP contribution >= 0.6 is 0 Å². The number of nitrogens with zero attached hydrogens (tertiary/aromatic N) is 2. The Kier molecular flexibility index (Phi) is 6.14. The number of carboxylic acid groups (broad SMARTS) is 1. The topological polar surface area (TPSA) is 81.4 Å². The molecule has 1 aromatic heterocycles. The van der Waals surface area contributed by atoms with Crippen molar-refractivity contribution < 1.29 is 27.8 Å². The van der Waals surface area contributed by atoms with Crippen LogP contribution in [0.3, 0.4) is 0 Å². The highest BCUT2D eigenvalue weighted by molar-refractivity contribution is 5.88. The van der Waals surface area contributed by atoms with Gasteiger partial charge in [-0.25, -0.2) is 9.78 Å². The summed E-state index contributed by atoms with van der Waals surface area (Å²) in [6, 6.07) is 16.0. The van der Waals surface area contributed by atoms with Crippen molar-refractivity contribution in [2.45, 2.75) is 18.0 Å². The Morgan fingerprint density at radius 1 is 1.03 bits per heavy atom. The van der Waals surface area contributed by atoms with Gasteiger partial charge in [0.25, 0.3) is 5.56 Å². The van der Waals surface area contributed by atoms with E-state index in [4.69, 9.17) is 4.74 Å². The monoisotopic (exact) mass is 432 g/mol. The first-order chi connectivity index (χ1) is 14.7. The molecule has 1 N–H and O–H groups in total. The van der Waals surface area contributed by atoms with Gasteiger partial charge in [0, 0.05) is 13.0 Å². The van der Waals surface area contributed by atoms with Crippen LogP contribution in [0.2, 0.25) is 0 Å². The summed E-state index contributed by atoms with van der Waals surface area (Å²) in [6.07, 6.45) is -4.85. The Hall–Kier alpha value is -3.62. The number of hydrogen-bond acceptors (Lipinski definition) is 4. The van der Waals surface area contributed by atoms with E-state index in [9.17, 15) is 27.9 Å². The molecule has 162 valence electrons. The molecule has 0 saturated carbocycles. The first-order valence-corrected chi connectivity index (χ1v) is 9.21. The highest BCUT2D eigenvalue weighted by Crippen LogP contribution is 2.47. The van der Waals surface area contributed by atoms with E-state index in [2.05, 4.69) is 4.98 Å². The lowest BCUT2D eigenvalue weighted by molar-refractivity contribution is -0.156. The van der Waals surface area contributed by atoms with Gasteiger partial charge in [0.15, 0.2) is 5.69 Å². The molecule has 0 saturated heterocycles. The summed E-state index contributed by atoms with van der Waals surface area (Å²) < 4.78 is 49.1. The van der Waals surface area contributed by atoms with Gasteiger partial charge in [0.05, 0.1) is 7.11 Å². The number of aromatic nitrogens is 2. The number of rotatable bonds is 6. The van der Waals surface area contributed by atoms with Crippen molar-refractivity contribution in [2.75, 3.05) is 7.11 Å². The van der Waals surface area contributed by atoms with E-state index < -0.39 is 46.8 Å². The molecule has 1 atom stereocenters. The fourth-order valence-electron chi connectivity index (χ4n) is 3.59. The van der Waals surface area contributed by atoms with Gasteiger partial charge in [-0.1, -0.05) is 60.7 Å². The van der Waals surface area contributed by atoms with Crippen LogP contribution < -0.4 is 10.3 Å². The molecule has 3 aromatic rings. The number of hydrogen-bond donors (Lipinski definition) is 1. The lowest BCUT2D eigenvalue weighted by atomic mass is 9.79. The van der Waals surface area contributed by atoms with Crippen LogP contribution in [0.25, 0.3) is 0 Å². The standard InChI is InChI=1S/C22H19F3N2O4/c1-27-19(26-17(21(29)30)18(31-2)20(27)28)16(22(23,24)25)15(13-9-5-3-6-10-13)14-11-7-4-8-12-14/h3-12,15-16H,1-2H3,(H,29,30). The van der Waals surface area contributed by atoms with E-state index >= 15 is 0 Å². The predicted octanol–water partition coefficient (Wildman–Crippen LogP) is 3.97. The smallest absolute Gasteiger partial charge is 0.399 e. The van der Waals surface area contributed by atoms with Crippen molar-refractivity contribution in [3.8, 4) is 5.75 Å². The van der Waals surface area contributed by atoms with E-state index in [1.54, 1.807) is 60.7 Å². The summed E-state index contributed by atoms with van der Waals surface area (Å²) in [5.41, 5.74) is -1.19. The second-order valence-corrected chi connectivity index (χ2v) is 6.84. The van der Waals surface area contributed by atoms with Crippen LogP contribution in [-0.2, 0) is 7.05 Å². The van der Waals surface area contributed by atoms with Gasteiger partial charge in [-0.05, 0) is 11.1 Å². The molecule has 0 bridgehead atoms. The maximum absolute atomic E-state index is 14.5. The van der Waals surface area contributed by atoms with Crippen molar-refractivity contribution in [1.29, 1.82) is 0 Å². The molecular weight excluding hydrogens is 413 g/mol. The SMILES string of the molecule is COc1c(C(=O)O)nc(C(C(c2ccccc2)c2ccccc2)C(F)(F)F)n(C)c1=O. The zero-order chi connectivity index (χ0) is 22.8. The molecule has 0 aliphatic carbocycles. The maximum atomic E-state index is 14.5. The quantitative estimate of drug-likeness (QED) is 0.638. The predicted molar refractivity (Wildman–Crippen MR) is 107 cm³/mol. The minimum absolute atomic E-state index is 0.345. The van der Waals surface area contributed by atoms with Gasteiger partial charge in [-0.3, -0.25) is 9.36 Å². The highest BCUT2D eigenvalue weighted by atomic mass is 19.4. The zero-order valence-electron chi connectivity index (χ0n) is 16.6. The van der Waals surface area contributed by atoms with E-state index in [0.29, 0.717) is 15.7 Å². The zero-order valence-corrected chi connectivity index (χ0v) is 16.6. The van der Waals surface area contributed by atoms with Crippen LogP contribution in [0.1, 0.15) is 39.3 Å². The van der Waals surface area contributed by atoms with Gasteiger partial charge in [-0.2, -0.15) is 13.2 Å². The second-order valence-electron chi connectivity index (χ2n) is 6.84. The van der Waals surface area contributed by atoms with E-state index in [0.717, 1.165) is 14.2 Å². The lowest BCUT2D eigenvalue weighted by Gasteiger charge is -2.31. The van der Waals surface area contributed by atoms with Gasteiger partial charge < -0.3 is 9.84 Å². The molecule has 0 aliphatic heterocycles. The Labute approximate surface area is 175 Å². The Morgan fingerprint density at radius 2 is 1.52 bits per heavy atom. The Balaban J connectivity index is 2.37. The largest absolute Gasteiger partial charge is 0.489 e. The molecule has 9 heteroatoms. The molecule has 6 nitrogen and oxygen atoms in total. The number of aromatic carboxylic acids is 1. The first-order valence-electron chi connectivity index (χ1n) is 9.21. The minimum Gasteiger partial charge on any atom is -0.489 e. The molecule has 0 amide bonds. The van der Waals surface area contributed by atoms with Crippen LogP contribution in [0.4, 0.5) is 13.2 Å². The van der Waals surface area contributed by atoms with Crippen molar-refractivity contribution in [3.63, 3.8) is 0 Å². The fourth-order valence-corrected chi connectivity index (χ4v) is 3.59. The van der Waals surface area contributed by atoms with Crippen LogP contribution in [0.5, 0.6) is 5.75 Å². The summed E-state index contributed by atoms with van der Waals surface area (Å²) in [6.45, 7) is 0. The number of methoxy groups -OCH3 is 1. The van der Waals surface area contributed by atoms with Gasteiger partial charge in [0.2, 0.25) is 5.75 Å². The average molecular weight is 432 g/mol. The average Bonchev–Trinajstić information content (AvgIpc) is 2.74. The second kappa shape index (κ2) is 8.63. The lowest BCUT2D eigenvalue weighted by Crippen LogP contribution is -2.36. The van der Waals surface area contributed by atoms with E-state index in [1.807, 2.05) is 0 Å². The van der Waals surface area contributed by atoms with Crippen molar-refractivity contribution in [2.24, 2.45) is 7.05 Å². The van der Waals surface area contributed by atoms with Crippen molar-refractivity contribution in [3.05, 3.63) is 93.7 Å². The van der Waals surface area contributed by atoms with Gasteiger partial charge >= 0.3 is 12.1 Å². The molecule has 3 rings (SSSR count). The molecule has 31 heavy (non-hydrogen) atoms. The summed E-state index contributed by atoms with van der Waals surface area (Å²) >= 11 is 0. The van der Waals surface area contributed by atoms with Gasteiger partial charge in [-0.15, -0.1) is 0 Å². The van der Waals surface area contributed by atoms with Crippen molar-refractivity contribution >= 4 is 5.97 Å². The number of benzene rings is 2. The summed E-state index contributed by atoms with van der Waals surface area (Å²) in [7, 11) is 2.17. The highest BCUT2D eigenvalue weighted by Gasteiger charge is 2.49. The van der Waals surface area contributed by atoms with E-state index in [1.165, 1.54) is 0 Å². The summed E-state index contributed by atoms with van der Waals surface area (Å²) in [4.78, 5) is 28.0. The molecule has 0 fully saturated rings. The number of halogens is 3. The third-order valence-corrected chi connectivity index (χ3v) is 4.97. The first kappa shape index (κ1) is 22.1. The van der Waals surface area contributed by atoms with Crippen molar-refractivity contribution in [1.82, 2.24) is 9.55 Å². The molecule has 2 aromatic carbocycles. The van der Waals surface area contributed by atoms with Crippen LogP contribution in [0.15, 0.2) is 65.5 Å². The molecule has 0 aliphatic rings. The summed E-state index contributed by atoms with van der Waals surface area (Å²) in [5, 5.41) is 9.42. The third-order valence-electron chi connectivity index (χ3n) is 4.97. The Morgan fingerprint density at radius 3 is 1.90 bits per heavy atom. The number of carboxylic acids is 1. The van der Waals surface area contributed by atoms with Gasteiger partial charge in [0.1, 0.15) is 11.7 Å². The molecule has 1 heterocycles. The van der Waals surface area contributed by atoms with E-state index in [-0.39, 0.29) is 0 Å². The molecule has 1 unspecified atom stereocenters. The third kappa shape index (κ3) is 4.30. The molecule has 0 radical (unpaired) electrons. The van der Waals surface area contributed by atoms with Crippen LogP contribution in [0, 0.1) is 0 Å².